The zero-order valence-electron chi connectivity index (χ0n) is 22.1. The van der Waals surface area contributed by atoms with E-state index in [9.17, 15) is 40.2 Å². The summed E-state index contributed by atoms with van der Waals surface area (Å²) >= 11 is 0. The van der Waals surface area contributed by atoms with Gasteiger partial charge in [0, 0.05) is 0 Å². The highest BCUT2D eigenvalue weighted by atomic mass is 16.7. The number of hydrogen-bond donors (Lipinski definition) is 6. The zero-order chi connectivity index (χ0) is 28.3. The molecule has 6 atom stereocenters. The van der Waals surface area contributed by atoms with Gasteiger partial charge in [0.15, 0.2) is 5.78 Å². The van der Waals surface area contributed by atoms with Crippen LogP contribution in [0.3, 0.4) is 0 Å². The molecule has 0 radical (unpaired) electrons. The quantitative estimate of drug-likeness (QED) is 0.307. The third-order valence-corrected chi connectivity index (χ3v) is 8.98. The Morgan fingerprint density at radius 2 is 1.64 bits per heavy atom. The van der Waals surface area contributed by atoms with E-state index in [1.807, 2.05) is 0 Å². The summed E-state index contributed by atoms with van der Waals surface area (Å²) in [7, 11) is 0. The van der Waals surface area contributed by atoms with Crippen LogP contribution < -0.4 is 4.74 Å². The van der Waals surface area contributed by atoms with Crippen LogP contribution in [-0.2, 0) is 4.74 Å². The van der Waals surface area contributed by atoms with Crippen molar-refractivity contribution in [2.75, 3.05) is 0 Å². The van der Waals surface area contributed by atoms with E-state index in [-0.39, 0.29) is 33.1 Å². The lowest BCUT2D eigenvalue weighted by molar-refractivity contribution is -0.311. The predicted octanol–water partition coefficient (Wildman–Crippen LogP) is 2.81. The maximum absolute atomic E-state index is 12.3. The fourth-order valence-corrected chi connectivity index (χ4v) is 7.19. The molecule has 10 nitrogen and oxygen atoms in total. The molecule has 3 aliphatic rings. The molecule has 2 aliphatic carbocycles. The lowest BCUT2D eigenvalue weighted by atomic mass is 9.63. The first-order valence-electron chi connectivity index (χ1n) is 13.5. The lowest BCUT2D eigenvalue weighted by Crippen LogP contribution is -2.66. The van der Waals surface area contributed by atoms with Crippen LogP contribution in [0.2, 0.25) is 0 Å². The number of carbonyl (C=O) groups is 2. The second-order valence-corrected chi connectivity index (χ2v) is 11.7. The highest BCUT2D eigenvalue weighted by Gasteiger charge is 2.57. The van der Waals surface area contributed by atoms with Crippen LogP contribution in [0.15, 0.2) is 18.2 Å². The number of rotatable bonds is 5. The molecule has 1 saturated heterocycles. The van der Waals surface area contributed by atoms with Crippen molar-refractivity contribution in [2.45, 2.75) is 102 Å². The number of carbonyl (C=O) groups excluding carboxylic acids is 1. The maximum atomic E-state index is 12.3. The summed E-state index contributed by atoms with van der Waals surface area (Å²) in [4.78, 5) is 24.1. The van der Waals surface area contributed by atoms with Crippen LogP contribution in [0.1, 0.15) is 84.6 Å². The van der Waals surface area contributed by atoms with Crippen molar-refractivity contribution in [1.29, 1.82) is 0 Å². The summed E-state index contributed by atoms with van der Waals surface area (Å²) in [5.74, 6) is -2.29. The van der Waals surface area contributed by atoms with Crippen molar-refractivity contribution in [2.24, 2.45) is 5.41 Å². The van der Waals surface area contributed by atoms with Gasteiger partial charge in [0.2, 0.25) is 6.29 Å². The summed E-state index contributed by atoms with van der Waals surface area (Å²) in [5.41, 5.74) is -1.24. The van der Waals surface area contributed by atoms with Gasteiger partial charge in [0.1, 0.15) is 35.9 Å². The van der Waals surface area contributed by atoms with E-state index in [1.54, 1.807) is 13.0 Å². The summed E-state index contributed by atoms with van der Waals surface area (Å²) in [6.07, 6.45) is -1.50. The molecule has 39 heavy (non-hydrogen) atoms. The number of carboxylic acid groups (broad SMARTS) is 1. The maximum Gasteiger partial charge on any atom is 0.335 e. The van der Waals surface area contributed by atoms with Crippen molar-refractivity contribution < 1.29 is 49.7 Å². The van der Waals surface area contributed by atoms with Gasteiger partial charge >= 0.3 is 5.97 Å². The van der Waals surface area contributed by atoms with Crippen molar-refractivity contribution >= 4 is 22.5 Å². The number of aryl methyl sites for hydroxylation is 1. The minimum Gasteiger partial charge on any atom is -0.506 e. The average Bonchev–Trinajstić information content (AvgIpc) is 3.30. The van der Waals surface area contributed by atoms with Gasteiger partial charge in [-0.1, -0.05) is 18.9 Å². The SMILES string of the molecule is CC(=O)c1c(C)cc2cc(C(=O)O)cc(O[C@@H]3O[C@H]([C@]4(O)CCCC5(CCCC5)C4)[C@@H](O)[C@H](O)[C@H]3O)c2c1O. The van der Waals surface area contributed by atoms with Crippen LogP contribution >= 0.6 is 0 Å². The van der Waals surface area contributed by atoms with E-state index < -0.39 is 53.8 Å². The number of benzene rings is 2. The van der Waals surface area contributed by atoms with Crippen molar-refractivity contribution in [3.05, 3.63) is 34.9 Å². The summed E-state index contributed by atoms with van der Waals surface area (Å²) in [6, 6.07) is 4.01. The van der Waals surface area contributed by atoms with Gasteiger partial charge in [-0.3, -0.25) is 4.79 Å². The molecule has 2 saturated carbocycles. The number of fused-ring (bicyclic) bond motifs is 1. The molecule has 3 fully saturated rings. The van der Waals surface area contributed by atoms with Gasteiger partial charge in [-0.15, -0.1) is 0 Å². The Morgan fingerprint density at radius 3 is 2.28 bits per heavy atom. The fraction of sp³-hybridized carbons (Fsp3) is 0.586. The molecule has 2 aromatic rings. The number of carboxylic acids is 1. The number of hydrogen-bond acceptors (Lipinski definition) is 9. The minimum atomic E-state index is -1.76. The zero-order valence-corrected chi connectivity index (χ0v) is 22.1. The standard InChI is InChI=1S/C29H36O10/c1-14-10-16-11-17(26(35)36)12-18(20(16)21(31)19(14)15(2)30)38-27-24(34)22(32)23(33)25(39-27)29(37)9-5-8-28(13-29)6-3-4-7-28/h10-12,22-25,27,31-34,37H,3-9,13H2,1-2H3,(H,35,36)/t22-,23-,24+,25-,27+,29-/m0/s1. The van der Waals surface area contributed by atoms with Gasteiger partial charge in [-0.25, -0.2) is 4.79 Å². The summed E-state index contributed by atoms with van der Waals surface area (Å²) in [5, 5.41) is 65.2. The van der Waals surface area contributed by atoms with Gasteiger partial charge in [0.05, 0.1) is 22.1 Å². The monoisotopic (exact) mass is 544 g/mol. The molecular weight excluding hydrogens is 508 g/mol. The highest BCUT2D eigenvalue weighted by molar-refractivity contribution is 6.08. The summed E-state index contributed by atoms with van der Waals surface area (Å²) in [6.45, 7) is 2.90. The van der Waals surface area contributed by atoms with Crippen molar-refractivity contribution in [1.82, 2.24) is 0 Å². The summed E-state index contributed by atoms with van der Waals surface area (Å²) < 4.78 is 11.9. The minimum absolute atomic E-state index is 0.0325. The van der Waals surface area contributed by atoms with E-state index >= 15 is 0 Å². The normalized spacial score (nSPS) is 32.4. The first-order chi connectivity index (χ1) is 18.4. The third kappa shape index (κ3) is 4.78. The largest absolute Gasteiger partial charge is 0.506 e. The molecule has 10 heteroatoms. The van der Waals surface area contributed by atoms with Crippen LogP contribution in [0, 0.1) is 12.3 Å². The molecule has 5 rings (SSSR count). The molecule has 1 aliphatic heterocycles. The Hall–Kier alpha value is -2.76. The number of ketones is 1. The smallest absolute Gasteiger partial charge is 0.335 e. The molecule has 1 spiro atoms. The molecule has 0 amide bonds. The van der Waals surface area contributed by atoms with E-state index in [4.69, 9.17) is 9.47 Å². The van der Waals surface area contributed by atoms with Crippen LogP contribution in [0.25, 0.3) is 10.8 Å². The number of aliphatic hydroxyl groups is 4. The van der Waals surface area contributed by atoms with E-state index in [0.717, 1.165) is 44.6 Å². The van der Waals surface area contributed by atoms with Gasteiger partial charge in [-0.05, 0) is 80.9 Å². The van der Waals surface area contributed by atoms with Gasteiger partial charge in [-0.2, -0.15) is 0 Å². The van der Waals surface area contributed by atoms with Crippen LogP contribution in [0.5, 0.6) is 11.5 Å². The number of aromatic hydroxyl groups is 1. The Bertz CT molecular complexity index is 1300. The predicted molar refractivity (Wildman–Crippen MR) is 139 cm³/mol. The molecule has 0 bridgehead atoms. The number of phenolic OH excluding ortho intramolecular Hbond substituents is 1. The van der Waals surface area contributed by atoms with Crippen LogP contribution in [0.4, 0.5) is 0 Å². The van der Waals surface area contributed by atoms with E-state index in [0.29, 0.717) is 18.4 Å². The average molecular weight is 545 g/mol. The van der Waals surface area contributed by atoms with E-state index in [1.165, 1.54) is 13.0 Å². The molecule has 2 aromatic carbocycles. The van der Waals surface area contributed by atoms with Crippen molar-refractivity contribution in [3.63, 3.8) is 0 Å². The Morgan fingerprint density at radius 1 is 0.974 bits per heavy atom. The molecule has 1 heterocycles. The number of aliphatic hydroxyl groups excluding tert-OH is 3. The first-order valence-corrected chi connectivity index (χ1v) is 13.5. The number of ether oxygens (including phenoxy) is 2. The number of aromatic carboxylic acids is 1. The number of phenols is 1. The topological polar surface area (TPSA) is 174 Å². The van der Waals surface area contributed by atoms with Crippen LogP contribution in [-0.4, -0.2) is 78.7 Å². The molecule has 212 valence electrons. The highest BCUT2D eigenvalue weighted by Crippen LogP contribution is 2.54. The van der Waals surface area contributed by atoms with Crippen molar-refractivity contribution in [3.8, 4) is 11.5 Å². The lowest BCUT2D eigenvalue weighted by Gasteiger charge is -2.51. The second-order valence-electron chi connectivity index (χ2n) is 11.7. The fourth-order valence-electron chi connectivity index (χ4n) is 7.19. The Balaban J connectivity index is 1.54. The molecular formula is C29H36O10. The van der Waals surface area contributed by atoms with Gasteiger partial charge in [0.25, 0.3) is 0 Å². The number of Topliss-reactive ketones (excluding diaryl/α,β-unsaturated/α-hetero) is 1. The Labute approximate surface area is 225 Å². The molecule has 0 aromatic heterocycles. The third-order valence-electron chi connectivity index (χ3n) is 8.98. The van der Waals surface area contributed by atoms with E-state index in [2.05, 4.69) is 0 Å². The van der Waals surface area contributed by atoms with Gasteiger partial charge < -0.3 is 40.1 Å². The molecule has 6 N–H and O–H groups in total. The second kappa shape index (κ2) is 10.0. The molecule has 0 unspecified atom stereocenters. The first kappa shape index (κ1) is 27.8. The Kier molecular flexibility index (Phi) is 7.13.